The third-order valence-electron chi connectivity index (χ3n) is 8.83. The van der Waals surface area contributed by atoms with Crippen LogP contribution in [0.5, 0.6) is 0 Å². The van der Waals surface area contributed by atoms with E-state index in [1.807, 2.05) is 0 Å². The van der Waals surface area contributed by atoms with E-state index in [2.05, 4.69) is 86.8 Å². The van der Waals surface area contributed by atoms with Crippen molar-refractivity contribution in [1.82, 2.24) is 0 Å². The van der Waals surface area contributed by atoms with Crippen LogP contribution >= 0.6 is 0 Å². The first-order valence-corrected chi connectivity index (χ1v) is 20.5. The Morgan fingerprint density at radius 2 is 1.09 bits per heavy atom. The van der Waals surface area contributed by atoms with E-state index in [1.54, 1.807) is 0 Å². The fourth-order valence-electron chi connectivity index (χ4n) is 5.55. The first-order chi connectivity index (χ1) is 26.3. The van der Waals surface area contributed by atoms with E-state index in [0.717, 1.165) is 83.5 Å². The number of hydrogen-bond donors (Lipinski definition) is 4. The molecule has 0 aromatic rings. The van der Waals surface area contributed by atoms with Crippen molar-refractivity contribution in [2.24, 2.45) is 0 Å². The Hall–Kier alpha value is -2.86. The van der Waals surface area contributed by atoms with Crippen molar-refractivity contribution >= 4 is 11.9 Å². The molecule has 308 valence electrons. The van der Waals surface area contributed by atoms with E-state index in [1.165, 1.54) is 12.8 Å². The molecule has 0 bridgehead atoms. The van der Waals surface area contributed by atoms with E-state index >= 15 is 0 Å². The number of ether oxygens (including phenoxy) is 4. The minimum Gasteiger partial charge on any atom is -0.462 e. The summed E-state index contributed by atoms with van der Waals surface area (Å²) in [5, 5.41) is 40.0. The highest BCUT2D eigenvalue weighted by molar-refractivity contribution is 5.70. The second-order valence-electron chi connectivity index (χ2n) is 13.7. The Balaban J connectivity index is 2.43. The zero-order valence-electron chi connectivity index (χ0n) is 33.2. The Morgan fingerprint density at radius 1 is 0.593 bits per heavy atom. The van der Waals surface area contributed by atoms with Crippen LogP contribution in [0.3, 0.4) is 0 Å². The molecule has 1 heterocycles. The molecule has 10 nitrogen and oxygen atoms in total. The van der Waals surface area contributed by atoms with Crippen molar-refractivity contribution in [3.8, 4) is 0 Å². The summed E-state index contributed by atoms with van der Waals surface area (Å²) < 4.78 is 22.0. The van der Waals surface area contributed by atoms with Gasteiger partial charge in [0.05, 0.1) is 13.2 Å². The van der Waals surface area contributed by atoms with Crippen LogP contribution in [0.25, 0.3) is 0 Å². The fourth-order valence-corrected chi connectivity index (χ4v) is 5.55. The molecule has 6 unspecified atom stereocenters. The molecule has 4 N–H and O–H groups in total. The van der Waals surface area contributed by atoms with Crippen LogP contribution in [0, 0.1) is 0 Å². The molecule has 1 saturated heterocycles. The Kier molecular flexibility index (Phi) is 31.5. The summed E-state index contributed by atoms with van der Waals surface area (Å²) in [5.74, 6) is -0.881. The molecule has 54 heavy (non-hydrogen) atoms. The van der Waals surface area contributed by atoms with E-state index in [0.29, 0.717) is 12.8 Å². The van der Waals surface area contributed by atoms with Crippen LogP contribution in [-0.2, 0) is 28.5 Å². The number of hydrogen-bond acceptors (Lipinski definition) is 10. The Bertz CT molecular complexity index is 1110. The Morgan fingerprint density at radius 3 is 1.69 bits per heavy atom. The van der Waals surface area contributed by atoms with Crippen LogP contribution < -0.4 is 0 Å². The lowest BCUT2D eigenvalue weighted by Gasteiger charge is -2.39. The highest BCUT2D eigenvalue weighted by Gasteiger charge is 2.44. The van der Waals surface area contributed by atoms with Crippen LogP contribution in [0.4, 0.5) is 0 Å². The van der Waals surface area contributed by atoms with E-state index < -0.39 is 55.4 Å². The predicted octanol–water partition coefficient (Wildman–Crippen LogP) is 8.05. The predicted molar refractivity (Wildman–Crippen MR) is 214 cm³/mol. The van der Waals surface area contributed by atoms with Crippen molar-refractivity contribution < 1.29 is 49.0 Å². The highest BCUT2D eigenvalue weighted by Crippen LogP contribution is 2.22. The van der Waals surface area contributed by atoms with Gasteiger partial charge in [-0.25, -0.2) is 0 Å². The molecule has 1 fully saturated rings. The van der Waals surface area contributed by atoms with Gasteiger partial charge in [0.15, 0.2) is 12.4 Å². The summed E-state index contributed by atoms with van der Waals surface area (Å²) in [5.41, 5.74) is 0. The summed E-state index contributed by atoms with van der Waals surface area (Å²) in [6, 6.07) is 0. The molecule has 0 aromatic carbocycles. The molecule has 0 aliphatic carbocycles. The van der Waals surface area contributed by atoms with Gasteiger partial charge in [0, 0.05) is 12.8 Å². The van der Waals surface area contributed by atoms with E-state index in [9.17, 15) is 30.0 Å². The molecular weight excluding hydrogens is 688 g/mol. The SMILES string of the molecule is CC/C=C\C/C=C\C/C=C\C/C=C\CCCCC(=O)OC(COC(=O)CCCCCCC/C=C\C/C=C\CCCC)COC1OC(CO)C(O)C(O)C1O. The normalized spacial score (nSPS) is 21.5. The van der Waals surface area contributed by atoms with Gasteiger partial charge in [-0.2, -0.15) is 0 Å². The first kappa shape index (κ1) is 49.2. The first-order valence-electron chi connectivity index (χ1n) is 20.5. The molecule has 0 saturated carbocycles. The van der Waals surface area contributed by atoms with Gasteiger partial charge in [0.2, 0.25) is 0 Å². The third kappa shape index (κ3) is 26.0. The smallest absolute Gasteiger partial charge is 0.306 e. The van der Waals surface area contributed by atoms with Gasteiger partial charge >= 0.3 is 11.9 Å². The van der Waals surface area contributed by atoms with Crippen LogP contribution in [0.1, 0.15) is 136 Å². The van der Waals surface area contributed by atoms with Crippen LogP contribution in [0.2, 0.25) is 0 Å². The Labute approximate surface area is 325 Å². The number of carbonyl (C=O) groups is 2. The van der Waals surface area contributed by atoms with Gasteiger partial charge in [-0.05, 0) is 77.0 Å². The maximum atomic E-state index is 12.7. The summed E-state index contributed by atoms with van der Waals surface area (Å²) in [4.78, 5) is 25.2. The van der Waals surface area contributed by atoms with Gasteiger partial charge in [0.25, 0.3) is 0 Å². The molecule has 0 radical (unpaired) electrons. The quantitative estimate of drug-likeness (QED) is 0.0301. The number of rotatable bonds is 32. The molecule has 1 aliphatic rings. The maximum Gasteiger partial charge on any atom is 0.306 e. The molecular formula is C44H72O10. The molecule has 0 aromatic heterocycles. The lowest BCUT2D eigenvalue weighted by Crippen LogP contribution is -2.59. The van der Waals surface area contributed by atoms with Crippen molar-refractivity contribution in [3.63, 3.8) is 0 Å². The van der Waals surface area contributed by atoms with Crippen molar-refractivity contribution in [2.45, 2.75) is 173 Å². The number of esters is 2. The van der Waals surface area contributed by atoms with Crippen LogP contribution in [-0.4, -0.2) is 89.0 Å². The molecule has 10 heteroatoms. The van der Waals surface area contributed by atoms with Crippen LogP contribution in [0.15, 0.2) is 72.9 Å². The summed E-state index contributed by atoms with van der Waals surface area (Å²) in [7, 11) is 0. The highest BCUT2D eigenvalue weighted by atomic mass is 16.7. The average Bonchev–Trinajstić information content (AvgIpc) is 3.17. The molecule has 0 amide bonds. The molecule has 6 atom stereocenters. The summed E-state index contributed by atoms with van der Waals surface area (Å²) >= 11 is 0. The summed E-state index contributed by atoms with van der Waals surface area (Å²) in [6.07, 6.45) is 34.8. The zero-order valence-corrected chi connectivity index (χ0v) is 33.2. The lowest BCUT2D eigenvalue weighted by atomic mass is 9.99. The molecule has 0 spiro atoms. The standard InChI is InChI=1S/C44H72O10/c1-3-5-7-9-11-13-15-17-19-21-23-25-27-29-31-33-40(47)53-37(36-52-44-43(50)42(49)41(48)38(34-45)54-44)35-51-39(46)32-30-28-26-24-22-20-18-16-14-12-10-8-6-4-2/h5,7,10-13,16-19,23,25,37-38,41-45,48-50H,3-4,6,8-9,14-15,20-22,24,26-36H2,1-2H3/b7-5-,12-10-,13-11-,18-16-,19-17-,25-23-. The zero-order chi connectivity index (χ0) is 39.5. The number of carbonyl (C=O) groups excluding carboxylic acids is 2. The minimum absolute atomic E-state index is 0.171. The third-order valence-corrected chi connectivity index (χ3v) is 8.83. The van der Waals surface area contributed by atoms with Gasteiger partial charge in [0.1, 0.15) is 31.0 Å². The van der Waals surface area contributed by atoms with Crippen molar-refractivity contribution in [3.05, 3.63) is 72.9 Å². The molecule has 1 aliphatic heterocycles. The second kappa shape index (κ2) is 34.6. The van der Waals surface area contributed by atoms with Crippen molar-refractivity contribution in [2.75, 3.05) is 19.8 Å². The maximum absolute atomic E-state index is 12.7. The van der Waals surface area contributed by atoms with E-state index in [4.69, 9.17) is 18.9 Å². The van der Waals surface area contributed by atoms with Crippen molar-refractivity contribution in [1.29, 1.82) is 0 Å². The minimum atomic E-state index is -1.61. The fraction of sp³-hybridized carbons (Fsp3) is 0.682. The second-order valence-corrected chi connectivity index (χ2v) is 13.7. The monoisotopic (exact) mass is 761 g/mol. The van der Waals surface area contributed by atoms with E-state index in [-0.39, 0.29) is 26.1 Å². The number of allylic oxidation sites excluding steroid dienone is 12. The van der Waals surface area contributed by atoms with Gasteiger partial charge < -0.3 is 39.4 Å². The van der Waals surface area contributed by atoms with Gasteiger partial charge in [-0.3, -0.25) is 9.59 Å². The molecule has 1 rings (SSSR count). The van der Waals surface area contributed by atoms with Gasteiger partial charge in [-0.15, -0.1) is 0 Å². The summed E-state index contributed by atoms with van der Waals surface area (Å²) in [6.45, 7) is 3.18. The number of aliphatic hydroxyl groups is 4. The van der Waals surface area contributed by atoms with Gasteiger partial charge in [-0.1, -0.05) is 119 Å². The number of aliphatic hydroxyl groups excluding tert-OH is 4. The largest absolute Gasteiger partial charge is 0.462 e. The average molecular weight is 761 g/mol. The lowest BCUT2D eigenvalue weighted by molar-refractivity contribution is -0.305. The number of unbranched alkanes of at least 4 members (excludes halogenated alkanes) is 9. The topological polar surface area (TPSA) is 152 Å².